The first kappa shape index (κ1) is 29.7. The van der Waals surface area contributed by atoms with Crippen molar-refractivity contribution in [3.05, 3.63) is 87.6 Å². The van der Waals surface area contributed by atoms with Gasteiger partial charge in [-0.3, -0.25) is 9.36 Å². The standard InChI is InChI=1S/C30H41N5O4/c1-21(2)25(26-32-33(7)29(38)35(26)20-23-12-9-8-10-13-23)34(27(36)24-16-14-22(3)15-17-24)19-11-18-31-28(37)39-30(4,5)6/h8-10,12-17,21,25H,11,18-20H2,1-7H3,(H,31,37). The number of ether oxygens (including phenoxy) is 1. The van der Waals surface area contributed by atoms with Crippen molar-refractivity contribution in [3.63, 3.8) is 0 Å². The molecule has 0 bridgehead atoms. The third-order valence-electron chi connectivity index (χ3n) is 6.26. The highest BCUT2D eigenvalue weighted by Crippen LogP contribution is 2.29. The van der Waals surface area contributed by atoms with Gasteiger partial charge >= 0.3 is 11.8 Å². The third-order valence-corrected chi connectivity index (χ3v) is 6.26. The summed E-state index contributed by atoms with van der Waals surface area (Å²) >= 11 is 0. The fraction of sp³-hybridized carbons (Fsp3) is 0.467. The van der Waals surface area contributed by atoms with Gasteiger partial charge < -0.3 is 15.0 Å². The summed E-state index contributed by atoms with van der Waals surface area (Å²) in [5, 5.41) is 7.39. The molecule has 3 rings (SSSR count). The maximum absolute atomic E-state index is 13.9. The second-order valence-electron chi connectivity index (χ2n) is 11.2. The number of rotatable bonds is 10. The van der Waals surface area contributed by atoms with Gasteiger partial charge in [0.25, 0.3) is 5.91 Å². The molecule has 0 fully saturated rings. The van der Waals surface area contributed by atoms with Crippen LogP contribution in [0, 0.1) is 12.8 Å². The van der Waals surface area contributed by atoms with E-state index in [0.29, 0.717) is 37.4 Å². The molecule has 1 atom stereocenters. The molecule has 0 aliphatic rings. The summed E-state index contributed by atoms with van der Waals surface area (Å²) in [6.07, 6.45) is -0.00346. The Kier molecular flexibility index (Phi) is 9.72. The van der Waals surface area contributed by atoms with Gasteiger partial charge in [0.2, 0.25) is 0 Å². The lowest BCUT2D eigenvalue weighted by Crippen LogP contribution is -2.41. The molecule has 0 saturated carbocycles. The molecule has 1 N–H and O–H groups in total. The summed E-state index contributed by atoms with van der Waals surface area (Å²) in [5.41, 5.74) is 1.74. The van der Waals surface area contributed by atoms with Crippen LogP contribution in [-0.2, 0) is 18.3 Å². The van der Waals surface area contributed by atoms with Crippen molar-refractivity contribution in [3.8, 4) is 0 Å². The molecule has 2 amide bonds. The molecular formula is C30H41N5O4. The average Bonchev–Trinajstić information content (AvgIpc) is 3.13. The number of hydrogen-bond donors (Lipinski definition) is 1. The van der Waals surface area contributed by atoms with Crippen LogP contribution >= 0.6 is 0 Å². The highest BCUT2D eigenvalue weighted by atomic mass is 16.6. The van der Waals surface area contributed by atoms with Gasteiger partial charge in [0.1, 0.15) is 5.60 Å². The van der Waals surface area contributed by atoms with E-state index in [1.54, 1.807) is 16.5 Å². The maximum Gasteiger partial charge on any atom is 0.407 e. The van der Waals surface area contributed by atoms with Crippen molar-refractivity contribution in [2.24, 2.45) is 13.0 Å². The molecule has 39 heavy (non-hydrogen) atoms. The lowest BCUT2D eigenvalue weighted by molar-refractivity contribution is 0.0519. The summed E-state index contributed by atoms with van der Waals surface area (Å²) in [4.78, 5) is 41.0. The number of nitrogens with zero attached hydrogens (tertiary/aromatic N) is 4. The van der Waals surface area contributed by atoms with Gasteiger partial charge in [0.15, 0.2) is 5.82 Å². The van der Waals surface area contributed by atoms with E-state index in [1.165, 1.54) is 4.68 Å². The van der Waals surface area contributed by atoms with E-state index in [0.717, 1.165) is 11.1 Å². The predicted octanol–water partition coefficient (Wildman–Crippen LogP) is 4.69. The molecule has 9 heteroatoms. The number of aromatic nitrogens is 3. The second-order valence-corrected chi connectivity index (χ2v) is 11.2. The Morgan fingerprint density at radius 1 is 1.05 bits per heavy atom. The molecule has 210 valence electrons. The molecule has 0 spiro atoms. The summed E-state index contributed by atoms with van der Waals surface area (Å²) in [7, 11) is 1.63. The van der Waals surface area contributed by atoms with Crippen LogP contribution in [0.3, 0.4) is 0 Å². The Morgan fingerprint density at radius 3 is 2.28 bits per heavy atom. The lowest BCUT2D eigenvalue weighted by Gasteiger charge is -2.34. The van der Waals surface area contributed by atoms with E-state index in [9.17, 15) is 14.4 Å². The van der Waals surface area contributed by atoms with Crippen LogP contribution in [0.15, 0.2) is 59.4 Å². The molecule has 0 radical (unpaired) electrons. The van der Waals surface area contributed by atoms with Crippen molar-refractivity contribution >= 4 is 12.0 Å². The minimum atomic E-state index is -0.596. The van der Waals surface area contributed by atoms with Gasteiger partial charge in [0, 0.05) is 25.7 Å². The fourth-order valence-electron chi connectivity index (χ4n) is 4.44. The van der Waals surface area contributed by atoms with Gasteiger partial charge in [-0.2, -0.15) is 5.10 Å². The zero-order chi connectivity index (χ0) is 28.7. The zero-order valence-electron chi connectivity index (χ0n) is 24.1. The van der Waals surface area contributed by atoms with E-state index in [4.69, 9.17) is 4.74 Å². The minimum absolute atomic E-state index is 0.0467. The fourth-order valence-corrected chi connectivity index (χ4v) is 4.44. The molecule has 1 unspecified atom stereocenters. The topological polar surface area (TPSA) is 98.5 Å². The SMILES string of the molecule is Cc1ccc(C(=O)N(CCCNC(=O)OC(C)(C)C)C(c2nn(C)c(=O)n2Cc2ccccc2)C(C)C)cc1. The molecule has 0 aliphatic carbocycles. The largest absolute Gasteiger partial charge is 0.444 e. The van der Waals surface area contributed by atoms with E-state index in [2.05, 4.69) is 10.4 Å². The summed E-state index contributed by atoms with van der Waals surface area (Å²) in [5.74, 6) is 0.326. The second kappa shape index (κ2) is 12.8. The minimum Gasteiger partial charge on any atom is -0.444 e. The third kappa shape index (κ3) is 8.05. The Morgan fingerprint density at radius 2 is 1.69 bits per heavy atom. The number of alkyl carbamates (subject to hydrolysis) is 1. The smallest absolute Gasteiger partial charge is 0.407 e. The first-order valence-corrected chi connectivity index (χ1v) is 13.4. The molecule has 1 heterocycles. The van der Waals surface area contributed by atoms with Crippen LogP contribution in [0.4, 0.5) is 4.79 Å². The van der Waals surface area contributed by atoms with E-state index in [1.807, 2.05) is 96.1 Å². The first-order valence-electron chi connectivity index (χ1n) is 13.4. The van der Waals surface area contributed by atoms with Crippen molar-refractivity contribution in [2.45, 2.75) is 66.2 Å². The van der Waals surface area contributed by atoms with Crippen molar-refractivity contribution in [2.75, 3.05) is 13.1 Å². The van der Waals surface area contributed by atoms with Gasteiger partial charge in [-0.15, -0.1) is 0 Å². The van der Waals surface area contributed by atoms with Crippen molar-refractivity contribution in [1.82, 2.24) is 24.6 Å². The maximum atomic E-state index is 13.9. The Hall–Kier alpha value is -3.88. The predicted molar refractivity (Wildman–Crippen MR) is 152 cm³/mol. The number of aryl methyl sites for hydroxylation is 2. The van der Waals surface area contributed by atoms with Gasteiger partial charge in [0.05, 0.1) is 12.6 Å². The number of hydrogen-bond acceptors (Lipinski definition) is 5. The quantitative estimate of drug-likeness (QED) is 0.380. The number of carbonyl (C=O) groups is 2. The van der Waals surface area contributed by atoms with Crippen LogP contribution in [0.1, 0.15) is 74.4 Å². The van der Waals surface area contributed by atoms with Gasteiger partial charge in [-0.1, -0.05) is 61.9 Å². The van der Waals surface area contributed by atoms with E-state index < -0.39 is 17.7 Å². The van der Waals surface area contributed by atoms with Crippen LogP contribution in [-0.4, -0.2) is 49.9 Å². The van der Waals surface area contributed by atoms with Crippen LogP contribution in [0.2, 0.25) is 0 Å². The summed E-state index contributed by atoms with van der Waals surface area (Å²) in [6, 6.07) is 16.7. The molecular weight excluding hydrogens is 494 g/mol. The summed E-state index contributed by atoms with van der Waals surface area (Å²) < 4.78 is 8.31. The normalized spacial score (nSPS) is 12.3. The van der Waals surface area contributed by atoms with Crippen molar-refractivity contribution < 1.29 is 14.3 Å². The summed E-state index contributed by atoms with van der Waals surface area (Å²) in [6.45, 7) is 12.5. The number of amides is 2. The number of carbonyl (C=O) groups excluding carboxylic acids is 2. The van der Waals surface area contributed by atoms with Gasteiger partial charge in [-0.05, 0) is 57.7 Å². The number of nitrogens with one attached hydrogen (secondary N) is 1. The molecule has 1 aromatic heterocycles. The Bertz CT molecular complexity index is 1300. The number of benzene rings is 2. The molecule has 0 aliphatic heterocycles. The highest BCUT2D eigenvalue weighted by Gasteiger charge is 2.33. The van der Waals surface area contributed by atoms with Crippen LogP contribution in [0.5, 0.6) is 0 Å². The molecule has 2 aromatic carbocycles. The molecule has 0 saturated heterocycles. The Balaban J connectivity index is 1.95. The van der Waals surface area contributed by atoms with E-state index in [-0.39, 0.29) is 17.5 Å². The molecule has 3 aromatic rings. The molecule has 9 nitrogen and oxygen atoms in total. The lowest BCUT2D eigenvalue weighted by atomic mass is 9.99. The highest BCUT2D eigenvalue weighted by molar-refractivity contribution is 5.94. The van der Waals surface area contributed by atoms with Crippen LogP contribution in [0.25, 0.3) is 0 Å². The Labute approximate surface area is 230 Å². The van der Waals surface area contributed by atoms with Crippen molar-refractivity contribution in [1.29, 1.82) is 0 Å². The monoisotopic (exact) mass is 535 g/mol. The van der Waals surface area contributed by atoms with E-state index >= 15 is 0 Å². The van der Waals surface area contributed by atoms with Gasteiger partial charge in [-0.25, -0.2) is 14.3 Å². The average molecular weight is 536 g/mol. The first-order chi connectivity index (χ1) is 18.4. The zero-order valence-corrected chi connectivity index (χ0v) is 24.1. The van der Waals surface area contributed by atoms with Crippen LogP contribution < -0.4 is 11.0 Å².